The minimum Gasteiger partial charge on any atom is -0.308 e. The molecule has 1 unspecified atom stereocenters. The van der Waals surface area contributed by atoms with Crippen LogP contribution in [0.1, 0.15) is 59.2 Å². The topological polar surface area (TPSA) is 96.8 Å². The lowest BCUT2D eigenvalue weighted by Crippen LogP contribution is -2.62. The van der Waals surface area contributed by atoms with Gasteiger partial charge >= 0.3 is 0 Å². The van der Waals surface area contributed by atoms with Gasteiger partial charge in [-0.25, -0.2) is 4.39 Å². The molecule has 33 heavy (non-hydrogen) atoms. The van der Waals surface area contributed by atoms with E-state index in [1.807, 2.05) is 6.07 Å². The van der Waals surface area contributed by atoms with Gasteiger partial charge in [-0.1, -0.05) is 24.6 Å². The van der Waals surface area contributed by atoms with Crippen LogP contribution in [0.15, 0.2) is 24.4 Å². The van der Waals surface area contributed by atoms with E-state index in [-0.39, 0.29) is 17.2 Å². The number of aryl methyl sites for hydroxylation is 1. The first-order valence-electron chi connectivity index (χ1n) is 11.3. The first-order chi connectivity index (χ1) is 15.8. The summed E-state index contributed by atoms with van der Waals surface area (Å²) in [4.78, 5) is 13.9. The molecule has 3 N–H and O–H groups in total. The molecule has 0 amide bonds. The molecule has 6 nitrogen and oxygen atoms in total. The predicted molar refractivity (Wildman–Crippen MR) is 127 cm³/mol. The van der Waals surface area contributed by atoms with Crippen LogP contribution in [0.2, 0.25) is 5.02 Å². The maximum atomic E-state index is 14.1. The van der Waals surface area contributed by atoms with Gasteiger partial charge in [0.1, 0.15) is 11.3 Å². The number of hydrogen-bond donors (Lipinski definition) is 3. The molecular formula is C25H29ClFN5O. The molecule has 1 aromatic heterocycles. The van der Waals surface area contributed by atoms with Crippen molar-refractivity contribution in [1.82, 2.24) is 9.47 Å². The van der Waals surface area contributed by atoms with E-state index in [0.29, 0.717) is 39.5 Å². The van der Waals surface area contributed by atoms with Crippen LogP contribution >= 0.6 is 11.6 Å². The van der Waals surface area contributed by atoms with Crippen LogP contribution in [-0.2, 0) is 6.42 Å². The molecule has 1 saturated heterocycles. The molecular weight excluding hydrogens is 441 g/mol. The van der Waals surface area contributed by atoms with Gasteiger partial charge in [-0.15, -0.1) is 0 Å². The summed E-state index contributed by atoms with van der Waals surface area (Å²) >= 11 is 6.14. The highest BCUT2D eigenvalue weighted by atomic mass is 35.5. The number of halogens is 2. The molecule has 2 aliphatic rings. The van der Waals surface area contributed by atoms with Gasteiger partial charge in [0.15, 0.2) is 6.29 Å². The van der Waals surface area contributed by atoms with Crippen molar-refractivity contribution < 1.29 is 9.18 Å². The molecule has 1 aromatic carbocycles. The summed E-state index contributed by atoms with van der Waals surface area (Å²) in [5, 5.41) is 23.2. The molecule has 2 heterocycles. The third-order valence-electron chi connectivity index (χ3n) is 7.44. The summed E-state index contributed by atoms with van der Waals surface area (Å²) in [5.41, 5.74) is 3.08. The van der Waals surface area contributed by atoms with E-state index in [1.54, 1.807) is 6.07 Å². The summed E-state index contributed by atoms with van der Waals surface area (Å²) in [7, 11) is 0. The maximum Gasteiger partial charge on any atom is 0.152 e. The summed E-state index contributed by atoms with van der Waals surface area (Å²) in [5.74, 6) is 0.427. The normalized spacial score (nSPS) is 18.4. The molecule has 8 heteroatoms. The number of likely N-dealkylation sites (tertiary alicyclic amines) is 1. The van der Waals surface area contributed by atoms with Gasteiger partial charge in [0.05, 0.1) is 11.4 Å². The fourth-order valence-corrected chi connectivity index (χ4v) is 5.87. The largest absolute Gasteiger partial charge is 0.308 e. The molecule has 1 spiro atoms. The van der Waals surface area contributed by atoms with Gasteiger partial charge < -0.3 is 10.3 Å². The number of nitrogens with zero attached hydrogens (tertiary/aromatic N) is 2. The fourth-order valence-electron chi connectivity index (χ4n) is 5.66. The molecule has 0 bridgehead atoms. The van der Waals surface area contributed by atoms with E-state index in [0.717, 1.165) is 61.7 Å². The van der Waals surface area contributed by atoms with Crippen LogP contribution in [-0.4, -0.2) is 47.9 Å². The highest BCUT2D eigenvalue weighted by molar-refractivity contribution is 6.33. The van der Waals surface area contributed by atoms with Crippen LogP contribution in [0.3, 0.4) is 0 Å². The van der Waals surface area contributed by atoms with Crippen LogP contribution in [0.4, 0.5) is 4.39 Å². The lowest BCUT2D eigenvalue weighted by molar-refractivity contribution is -0.0995. The highest BCUT2D eigenvalue weighted by Crippen LogP contribution is 2.56. The molecule has 2 fully saturated rings. The number of rotatable bonds is 9. The number of hydrogen-bond acceptors (Lipinski definition) is 5. The van der Waals surface area contributed by atoms with Gasteiger partial charge in [0.2, 0.25) is 0 Å². The van der Waals surface area contributed by atoms with Gasteiger partial charge in [0.25, 0.3) is 0 Å². The Balaban J connectivity index is 1.27. The molecule has 1 saturated carbocycles. The monoisotopic (exact) mass is 469 g/mol. The van der Waals surface area contributed by atoms with Crippen molar-refractivity contribution in [3.8, 4) is 0 Å². The van der Waals surface area contributed by atoms with E-state index in [4.69, 9.17) is 27.8 Å². The zero-order valence-electron chi connectivity index (χ0n) is 18.7. The molecule has 174 valence electrons. The second-order valence-electron chi connectivity index (χ2n) is 9.57. The molecule has 0 radical (unpaired) electrons. The Hall–Kier alpha value is -2.64. The SMILES string of the molecule is CC(c1ccc(Cl)c(C=O)c1C=N)C1CC2(C1)CN(CCCc1cc(=N)n(C=N)cc1F)C2. The van der Waals surface area contributed by atoms with Crippen LogP contribution in [0, 0.1) is 33.4 Å². The molecule has 1 aliphatic heterocycles. The Morgan fingerprint density at radius 1 is 1.27 bits per heavy atom. The molecule has 1 atom stereocenters. The first-order valence-corrected chi connectivity index (χ1v) is 11.6. The standard InChI is InChI=1S/C25H29ClFN5O/c1-16(19-4-5-22(26)21(12-33)20(19)10-28)18-8-25(9-18)13-31(14-25)6-2-3-17-7-24(30)32(15-29)11-23(17)27/h4-5,7,10-12,15-16,18,28-30H,2-3,6,8-9,13-14H2,1H3. The summed E-state index contributed by atoms with van der Waals surface area (Å²) in [6, 6.07) is 5.21. The minimum atomic E-state index is -0.366. The van der Waals surface area contributed by atoms with E-state index < -0.39 is 0 Å². The fraction of sp³-hybridized carbons (Fsp3) is 0.440. The van der Waals surface area contributed by atoms with Crippen molar-refractivity contribution in [1.29, 1.82) is 16.2 Å². The van der Waals surface area contributed by atoms with Crippen LogP contribution < -0.4 is 5.49 Å². The minimum absolute atomic E-state index is 0.117. The highest BCUT2D eigenvalue weighted by Gasteiger charge is 2.53. The molecule has 4 rings (SSSR count). The Morgan fingerprint density at radius 3 is 2.64 bits per heavy atom. The Bertz CT molecular complexity index is 1150. The lowest BCUT2D eigenvalue weighted by Gasteiger charge is -2.60. The van der Waals surface area contributed by atoms with Crippen molar-refractivity contribution in [2.45, 2.75) is 38.5 Å². The van der Waals surface area contributed by atoms with Crippen molar-refractivity contribution in [2.24, 2.45) is 11.3 Å². The van der Waals surface area contributed by atoms with Crippen molar-refractivity contribution in [3.05, 3.63) is 63.0 Å². The van der Waals surface area contributed by atoms with E-state index >= 15 is 0 Å². The average molecular weight is 470 g/mol. The van der Waals surface area contributed by atoms with Gasteiger partial charge in [-0.3, -0.25) is 20.2 Å². The number of pyridine rings is 1. The quantitative estimate of drug-likeness (QED) is 0.287. The maximum absolute atomic E-state index is 14.1. The third kappa shape index (κ3) is 4.44. The summed E-state index contributed by atoms with van der Waals surface area (Å²) in [6.07, 6.45) is 7.81. The van der Waals surface area contributed by atoms with E-state index in [1.165, 1.54) is 18.5 Å². The van der Waals surface area contributed by atoms with Crippen LogP contribution in [0.25, 0.3) is 0 Å². The van der Waals surface area contributed by atoms with Gasteiger partial charge in [0, 0.05) is 36.6 Å². The lowest BCUT2D eigenvalue weighted by atomic mass is 9.54. The second kappa shape index (κ2) is 9.31. The van der Waals surface area contributed by atoms with Gasteiger partial charge in [-0.05, 0) is 72.7 Å². The van der Waals surface area contributed by atoms with Crippen molar-refractivity contribution >= 4 is 30.4 Å². The number of aldehydes is 1. The number of nitrogens with one attached hydrogen (secondary N) is 3. The zero-order chi connectivity index (χ0) is 23.8. The number of benzene rings is 1. The number of carbonyl (C=O) groups excluding carboxylic acids is 1. The number of aromatic nitrogens is 1. The Kier molecular flexibility index (Phi) is 6.64. The predicted octanol–water partition coefficient (Wildman–Crippen LogP) is 4.47. The van der Waals surface area contributed by atoms with E-state index in [9.17, 15) is 9.18 Å². The number of carbonyl (C=O) groups is 1. The zero-order valence-corrected chi connectivity index (χ0v) is 19.5. The van der Waals surface area contributed by atoms with E-state index in [2.05, 4.69) is 11.8 Å². The van der Waals surface area contributed by atoms with Crippen molar-refractivity contribution in [3.63, 3.8) is 0 Å². The van der Waals surface area contributed by atoms with Crippen molar-refractivity contribution in [2.75, 3.05) is 19.6 Å². The summed E-state index contributed by atoms with van der Waals surface area (Å²) in [6.45, 7) is 5.20. The first kappa shape index (κ1) is 23.5. The Labute approximate surface area is 197 Å². The van der Waals surface area contributed by atoms with Gasteiger partial charge in [-0.2, -0.15) is 0 Å². The molecule has 1 aliphatic carbocycles. The smallest absolute Gasteiger partial charge is 0.152 e. The molecule has 2 aromatic rings. The third-order valence-corrected chi connectivity index (χ3v) is 7.77. The van der Waals surface area contributed by atoms with Crippen LogP contribution in [0.5, 0.6) is 0 Å². The Morgan fingerprint density at radius 2 is 2.00 bits per heavy atom. The summed E-state index contributed by atoms with van der Waals surface area (Å²) < 4.78 is 15.3. The average Bonchev–Trinajstić information content (AvgIpc) is 2.75. The second-order valence-corrected chi connectivity index (χ2v) is 9.97.